The van der Waals surface area contributed by atoms with Gasteiger partial charge in [-0.15, -0.1) is 0 Å². The molecule has 0 saturated carbocycles. The third-order valence-corrected chi connectivity index (χ3v) is 3.53. The second-order valence-electron chi connectivity index (χ2n) is 4.44. The zero-order valence-corrected chi connectivity index (χ0v) is 12.3. The van der Waals surface area contributed by atoms with Gasteiger partial charge in [0.05, 0.1) is 6.07 Å². The van der Waals surface area contributed by atoms with E-state index in [-0.39, 0.29) is 5.78 Å². The number of Topliss-reactive ketones (excluding diaryl/α,β-unsaturated/α-hetero) is 1. The lowest BCUT2D eigenvalue weighted by Crippen LogP contribution is -2.13. The van der Waals surface area contributed by atoms with E-state index in [1.54, 1.807) is 25.1 Å². The summed E-state index contributed by atoms with van der Waals surface area (Å²) in [6, 6.07) is 12.9. The first-order valence-corrected chi connectivity index (χ1v) is 6.77. The zero-order valence-electron chi connectivity index (χ0n) is 10.7. The number of halogens is 2. The van der Waals surface area contributed by atoms with Gasteiger partial charge in [-0.1, -0.05) is 34.1 Å². The number of nitrogens with zero attached hydrogens (tertiary/aromatic N) is 1. The monoisotopic (exact) mass is 331 g/mol. The van der Waals surface area contributed by atoms with Gasteiger partial charge in [0.1, 0.15) is 11.7 Å². The average Bonchev–Trinajstić information content (AvgIpc) is 2.42. The van der Waals surface area contributed by atoms with Crippen molar-refractivity contribution in [2.45, 2.75) is 12.8 Å². The van der Waals surface area contributed by atoms with Crippen LogP contribution in [0, 0.1) is 24.1 Å². The summed E-state index contributed by atoms with van der Waals surface area (Å²) in [6.45, 7) is 1.81. The number of carbonyl (C=O) groups excluding carboxylic acids is 1. The molecule has 2 aromatic rings. The van der Waals surface area contributed by atoms with Gasteiger partial charge in [-0.25, -0.2) is 4.39 Å². The zero-order chi connectivity index (χ0) is 14.7. The van der Waals surface area contributed by atoms with E-state index in [4.69, 9.17) is 0 Å². The summed E-state index contributed by atoms with van der Waals surface area (Å²) in [4.78, 5) is 12.5. The lowest BCUT2D eigenvalue weighted by molar-refractivity contribution is 0.0978. The SMILES string of the molecule is Cc1ccc(Br)cc1C(=O)C(C#N)c1cccc(F)c1. The lowest BCUT2D eigenvalue weighted by atomic mass is 9.90. The fraction of sp³-hybridized carbons (Fsp3) is 0.125. The number of hydrogen-bond donors (Lipinski definition) is 0. The van der Waals surface area contributed by atoms with Crippen LogP contribution in [0.5, 0.6) is 0 Å². The molecular weight excluding hydrogens is 321 g/mol. The molecule has 0 spiro atoms. The molecule has 2 nitrogen and oxygen atoms in total. The molecule has 0 bridgehead atoms. The predicted octanol–water partition coefficient (Wildman–Crippen LogP) is 4.39. The highest BCUT2D eigenvalue weighted by Crippen LogP contribution is 2.25. The van der Waals surface area contributed by atoms with Crippen LogP contribution in [-0.2, 0) is 0 Å². The number of carbonyl (C=O) groups is 1. The van der Waals surface area contributed by atoms with E-state index in [0.29, 0.717) is 11.1 Å². The van der Waals surface area contributed by atoms with Crippen molar-refractivity contribution in [3.63, 3.8) is 0 Å². The van der Waals surface area contributed by atoms with Gasteiger partial charge in [0.25, 0.3) is 0 Å². The minimum absolute atomic E-state index is 0.322. The van der Waals surface area contributed by atoms with Gasteiger partial charge in [-0.3, -0.25) is 4.79 Å². The van der Waals surface area contributed by atoms with Crippen molar-refractivity contribution < 1.29 is 9.18 Å². The molecule has 0 fully saturated rings. The molecule has 2 rings (SSSR count). The summed E-state index contributed by atoms with van der Waals surface area (Å²) in [5, 5.41) is 9.26. The Morgan fingerprint density at radius 1 is 1.30 bits per heavy atom. The van der Waals surface area contributed by atoms with Crippen LogP contribution in [-0.4, -0.2) is 5.78 Å². The van der Waals surface area contributed by atoms with Crippen LogP contribution < -0.4 is 0 Å². The maximum Gasteiger partial charge on any atom is 0.184 e. The average molecular weight is 332 g/mol. The van der Waals surface area contributed by atoms with Crippen LogP contribution in [0.25, 0.3) is 0 Å². The summed E-state index contributed by atoms with van der Waals surface area (Å²) < 4.78 is 14.0. The van der Waals surface area contributed by atoms with Gasteiger partial charge < -0.3 is 0 Å². The smallest absolute Gasteiger partial charge is 0.184 e. The lowest BCUT2D eigenvalue weighted by Gasteiger charge is -2.11. The van der Waals surface area contributed by atoms with Gasteiger partial charge in [-0.2, -0.15) is 5.26 Å². The molecule has 0 aliphatic carbocycles. The summed E-state index contributed by atoms with van der Waals surface area (Å²) in [5.74, 6) is -1.78. The second-order valence-corrected chi connectivity index (χ2v) is 5.36. The van der Waals surface area contributed by atoms with E-state index in [9.17, 15) is 14.4 Å². The topological polar surface area (TPSA) is 40.9 Å². The van der Waals surface area contributed by atoms with E-state index >= 15 is 0 Å². The minimum Gasteiger partial charge on any atom is -0.292 e. The Balaban J connectivity index is 2.45. The molecule has 0 aromatic heterocycles. The molecule has 4 heteroatoms. The highest BCUT2D eigenvalue weighted by atomic mass is 79.9. The largest absolute Gasteiger partial charge is 0.292 e. The Hall–Kier alpha value is -1.99. The number of aryl methyl sites for hydroxylation is 1. The molecule has 100 valence electrons. The second kappa shape index (κ2) is 5.98. The molecule has 0 N–H and O–H groups in total. The van der Waals surface area contributed by atoms with E-state index in [1.165, 1.54) is 18.2 Å². The maximum absolute atomic E-state index is 13.2. The van der Waals surface area contributed by atoms with Crippen molar-refractivity contribution in [1.29, 1.82) is 5.26 Å². The normalized spacial score (nSPS) is 11.7. The third kappa shape index (κ3) is 2.94. The van der Waals surface area contributed by atoms with Crippen molar-refractivity contribution in [3.8, 4) is 6.07 Å². The first-order valence-electron chi connectivity index (χ1n) is 5.98. The molecule has 2 aromatic carbocycles. The molecule has 20 heavy (non-hydrogen) atoms. The Labute approximate surface area is 125 Å². The molecule has 0 aliphatic rings. The summed E-state index contributed by atoms with van der Waals surface area (Å²) in [6.07, 6.45) is 0. The Morgan fingerprint density at radius 3 is 2.70 bits per heavy atom. The highest BCUT2D eigenvalue weighted by molar-refractivity contribution is 9.10. The summed E-state index contributed by atoms with van der Waals surface area (Å²) in [5.41, 5.74) is 1.63. The standard InChI is InChI=1S/C16H11BrFNO/c1-10-5-6-12(17)8-14(10)16(20)15(9-19)11-3-2-4-13(18)7-11/h2-8,15H,1H3. The first kappa shape index (κ1) is 14.4. The fourth-order valence-electron chi connectivity index (χ4n) is 1.99. The quantitative estimate of drug-likeness (QED) is 0.783. The first-order chi connectivity index (χ1) is 9.52. The van der Waals surface area contributed by atoms with Crippen molar-refractivity contribution in [1.82, 2.24) is 0 Å². The molecule has 0 aliphatic heterocycles. The maximum atomic E-state index is 13.2. The van der Waals surface area contributed by atoms with Gasteiger partial charge in [0.2, 0.25) is 0 Å². The van der Waals surface area contributed by atoms with Gasteiger partial charge in [-0.05, 0) is 42.3 Å². The van der Waals surface area contributed by atoms with E-state index < -0.39 is 11.7 Å². The Morgan fingerprint density at radius 2 is 2.05 bits per heavy atom. The molecule has 0 heterocycles. The number of hydrogen-bond acceptors (Lipinski definition) is 2. The van der Waals surface area contributed by atoms with Crippen molar-refractivity contribution in [3.05, 3.63) is 69.4 Å². The predicted molar refractivity (Wildman–Crippen MR) is 78.0 cm³/mol. The highest BCUT2D eigenvalue weighted by Gasteiger charge is 2.23. The number of ketones is 1. The molecule has 1 atom stereocenters. The van der Waals surface area contributed by atoms with Crippen LogP contribution in [0.1, 0.15) is 27.4 Å². The minimum atomic E-state index is -1.00. The van der Waals surface area contributed by atoms with Crippen LogP contribution in [0.3, 0.4) is 0 Å². The van der Waals surface area contributed by atoms with E-state index in [0.717, 1.165) is 10.0 Å². The van der Waals surface area contributed by atoms with Crippen LogP contribution >= 0.6 is 15.9 Å². The van der Waals surface area contributed by atoms with Crippen molar-refractivity contribution in [2.75, 3.05) is 0 Å². The molecule has 0 saturated heterocycles. The van der Waals surface area contributed by atoms with Crippen molar-refractivity contribution >= 4 is 21.7 Å². The molecule has 0 amide bonds. The van der Waals surface area contributed by atoms with Gasteiger partial charge >= 0.3 is 0 Å². The molecule has 0 radical (unpaired) electrons. The number of nitriles is 1. The number of rotatable bonds is 3. The van der Waals surface area contributed by atoms with Crippen LogP contribution in [0.15, 0.2) is 46.9 Å². The van der Waals surface area contributed by atoms with Gasteiger partial charge in [0.15, 0.2) is 5.78 Å². The molecule has 1 unspecified atom stereocenters. The third-order valence-electron chi connectivity index (χ3n) is 3.04. The van der Waals surface area contributed by atoms with Crippen molar-refractivity contribution in [2.24, 2.45) is 0 Å². The van der Waals surface area contributed by atoms with E-state index in [2.05, 4.69) is 15.9 Å². The number of benzene rings is 2. The Bertz CT molecular complexity index is 706. The van der Waals surface area contributed by atoms with Gasteiger partial charge in [0, 0.05) is 10.0 Å². The van der Waals surface area contributed by atoms with Crippen LogP contribution in [0.4, 0.5) is 4.39 Å². The summed E-state index contributed by atoms with van der Waals surface area (Å²) >= 11 is 3.31. The molecular formula is C16H11BrFNO. The fourth-order valence-corrected chi connectivity index (χ4v) is 2.35. The van der Waals surface area contributed by atoms with Crippen LogP contribution in [0.2, 0.25) is 0 Å². The van der Waals surface area contributed by atoms with E-state index in [1.807, 2.05) is 12.1 Å². The summed E-state index contributed by atoms with van der Waals surface area (Å²) in [7, 11) is 0. The Kier molecular flexibility index (Phi) is 4.31.